The van der Waals surface area contributed by atoms with Gasteiger partial charge in [0.2, 0.25) is 5.82 Å². The lowest BCUT2D eigenvalue weighted by molar-refractivity contribution is -0.144. The molecule has 0 radical (unpaired) electrons. The lowest BCUT2D eigenvalue weighted by atomic mass is 10.1. The van der Waals surface area contributed by atoms with E-state index in [1.807, 2.05) is 4.90 Å². The van der Waals surface area contributed by atoms with Crippen molar-refractivity contribution in [2.24, 2.45) is 0 Å². The first-order valence-corrected chi connectivity index (χ1v) is 5.60. The number of carbonyl (C=O) groups excluding carboxylic acids is 1. The average molecular weight is 237 g/mol. The minimum atomic E-state index is -0.193. The molecular weight excluding hydrogens is 222 g/mol. The normalized spacial score (nSPS) is 16.6. The van der Waals surface area contributed by atoms with Crippen LogP contribution < -0.4 is 0 Å². The molecule has 0 unspecified atom stereocenters. The molecule has 0 atom stereocenters. The van der Waals surface area contributed by atoms with Gasteiger partial charge in [-0.3, -0.25) is 9.69 Å². The van der Waals surface area contributed by atoms with Crippen LogP contribution in [0.3, 0.4) is 0 Å². The second-order valence-corrected chi connectivity index (χ2v) is 3.77. The first-order chi connectivity index (χ1) is 8.29. The van der Waals surface area contributed by atoms with Crippen LogP contribution in [-0.4, -0.2) is 57.7 Å². The third kappa shape index (κ3) is 3.10. The number of aromatic nitrogens is 4. The number of aromatic amines is 1. The molecule has 0 bridgehead atoms. The van der Waals surface area contributed by atoms with Crippen LogP contribution in [0.25, 0.3) is 5.57 Å². The zero-order valence-electron chi connectivity index (χ0n) is 9.72. The molecule has 7 nitrogen and oxygen atoms in total. The van der Waals surface area contributed by atoms with Crippen LogP contribution in [-0.2, 0) is 9.53 Å². The van der Waals surface area contributed by atoms with Gasteiger partial charge in [-0.25, -0.2) is 0 Å². The summed E-state index contributed by atoms with van der Waals surface area (Å²) in [6.45, 7) is 4.03. The SMILES string of the molecule is CCOC(=O)CN1CCC=C(c2nn[nH]n2)C1. The molecule has 92 valence electrons. The predicted molar refractivity (Wildman–Crippen MR) is 59.8 cm³/mol. The summed E-state index contributed by atoms with van der Waals surface area (Å²) in [5.41, 5.74) is 0.995. The van der Waals surface area contributed by atoms with E-state index in [9.17, 15) is 4.79 Å². The van der Waals surface area contributed by atoms with Gasteiger partial charge in [-0.05, 0) is 18.6 Å². The zero-order chi connectivity index (χ0) is 12.1. The quantitative estimate of drug-likeness (QED) is 0.733. The van der Waals surface area contributed by atoms with Gasteiger partial charge >= 0.3 is 5.97 Å². The molecule has 1 aromatic heterocycles. The van der Waals surface area contributed by atoms with Gasteiger partial charge in [0.1, 0.15) is 0 Å². The highest BCUT2D eigenvalue weighted by Crippen LogP contribution is 2.16. The highest BCUT2D eigenvalue weighted by Gasteiger charge is 2.19. The summed E-state index contributed by atoms with van der Waals surface area (Å²) < 4.78 is 4.92. The summed E-state index contributed by atoms with van der Waals surface area (Å²) in [7, 11) is 0. The van der Waals surface area contributed by atoms with Crippen molar-refractivity contribution in [3.63, 3.8) is 0 Å². The number of tetrazole rings is 1. The molecule has 0 saturated carbocycles. The van der Waals surface area contributed by atoms with Crippen molar-refractivity contribution in [2.75, 3.05) is 26.2 Å². The number of esters is 1. The highest BCUT2D eigenvalue weighted by atomic mass is 16.5. The minimum absolute atomic E-state index is 0.193. The van der Waals surface area contributed by atoms with Crippen molar-refractivity contribution < 1.29 is 9.53 Å². The lowest BCUT2D eigenvalue weighted by Crippen LogP contribution is -2.35. The Labute approximate surface area is 98.8 Å². The van der Waals surface area contributed by atoms with Gasteiger partial charge in [0.25, 0.3) is 0 Å². The van der Waals surface area contributed by atoms with Crippen LogP contribution in [0.15, 0.2) is 6.08 Å². The third-order valence-corrected chi connectivity index (χ3v) is 2.52. The van der Waals surface area contributed by atoms with Crippen LogP contribution >= 0.6 is 0 Å². The molecular formula is C10H15N5O2. The van der Waals surface area contributed by atoms with Crippen molar-refractivity contribution in [1.29, 1.82) is 0 Å². The van der Waals surface area contributed by atoms with E-state index in [2.05, 4.69) is 26.7 Å². The Morgan fingerprint density at radius 3 is 3.24 bits per heavy atom. The standard InChI is InChI=1S/C10H15N5O2/c1-2-17-9(16)7-15-5-3-4-8(6-15)10-11-13-14-12-10/h4H,2-3,5-7H2,1H3,(H,11,12,13,14). The number of H-pyrrole nitrogens is 1. The summed E-state index contributed by atoms with van der Waals surface area (Å²) in [6, 6.07) is 0. The lowest BCUT2D eigenvalue weighted by Gasteiger charge is -2.24. The van der Waals surface area contributed by atoms with Gasteiger partial charge in [-0.2, -0.15) is 5.21 Å². The van der Waals surface area contributed by atoms with Crippen molar-refractivity contribution in [3.05, 3.63) is 11.9 Å². The molecule has 1 aliphatic rings. The summed E-state index contributed by atoms with van der Waals surface area (Å²) in [5, 5.41) is 13.8. The van der Waals surface area contributed by atoms with E-state index in [-0.39, 0.29) is 5.97 Å². The molecule has 0 saturated heterocycles. The summed E-state index contributed by atoms with van der Waals surface area (Å²) in [4.78, 5) is 13.4. The van der Waals surface area contributed by atoms with Crippen LogP contribution in [0.5, 0.6) is 0 Å². The topological polar surface area (TPSA) is 84.0 Å². The van der Waals surface area contributed by atoms with Gasteiger partial charge in [-0.15, -0.1) is 10.2 Å². The largest absolute Gasteiger partial charge is 0.465 e. The maximum atomic E-state index is 11.4. The fourth-order valence-corrected chi connectivity index (χ4v) is 1.79. The molecule has 1 aliphatic heterocycles. The monoisotopic (exact) mass is 237 g/mol. The molecule has 7 heteroatoms. The minimum Gasteiger partial charge on any atom is -0.465 e. The maximum absolute atomic E-state index is 11.4. The predicted octanol–water partition coefficient (Wildman–Crippen LogP) is -0.148. The van der Waals surface area contributed by atoms with E-state index in [1.54, 1.807) is 6.92 Å². The molecule has 0 aromatic carbocycles. The zero-order valence-corrected chi connectivity index (χ0v) is 9.72. The van der Waals surface area contributed by atoms with E-state index in [0.717, 1.165) is 18.5 Å². The fraction of sp³-hybridized carbons (Fsp3) is 0.600. The fourth-order valence-electron chi connectivity index (χ4n) is 1.79. The molecule has 0 aliphatic carbocycles. The van der Waals surface area contributed by atoms with E-state index in [4.69, 9.17) is 4.74 Å². The molecule has 2 heterocycles. The highest BCUT2D eigenvalue weighted by molar-refractivity contribution is 5.72. The Hall–Kier alpha value is -1.76. The number of hydrogen-bond donors (Lipinski definition) is 1. The Bertz CT molecular complexity index is 401. The second kappa shape index (κ2) is 5.53. The van der Waals surface area contributed by atoms with Crippen LogP contribution in [0.2, 0.25) is 0 Å². The summed E-state index contributed by atoms with van der Waals surface area (Å²) >= 11 is 0. The van der Waals surface area contributed by atoms with Gasteiger partial charge in [0, 0.05) is 18.7 Å². The molecule has 0 fully saturated rings. The summed E-state index contributed by atoms with van der Waals surface area (Å²) in [6.07, 6.45) is 2.95. The van der Waals surface area contributed by atoms with Crippen molar-refractivity contribution in [2.45, 2.75) is 13.3 Å². The van der Waals surface area contributed by atoms with E-state index in [1.165, 1.54) is 0 Å². The van der Waals surface area contributed by atoms with Gasteiger partial charge < -0.3 is 4.74 Å². The number of rotatable bonds is 4. The van der Waals surface area contributed by atoms with Crippen molar-refractivity contribution in [3.8, 4) is 0 Å². The number of ether oxygens (including phenoxy) is 1. The number of nitrogens with zero attached hydrogens (tertiary/aromatic N) is 4. The number of nitrogens with one attached hydrogen (secondary N) is 1. The first kappa shape index (κ1) is 11.7. The van der Waals surface area contributed by atoms with Crippen LogP contribution in [0, 0.1) is 0 Å². The molecule has 0 amide bonds. The maximum Gasteiger partial charge on any atom is 0.320 e. The Balaban J connectivity index is 1.92. The molecule has 17 heavy (non-hydrogen) atoms. The number of hydrogen-bond acceptors (Lipinski definition) is 6. The molecule has 1 N–H and O–H groups in total. The first-order valence-electron chi connectivity index (χ1n) is 5.60. The summed E-state index contributed by atoms with van der Waals surface area (Å²) in [5.74, 6) is 0.403. The van der Waals surface area contributed by atoms with E-state index in [0.29, 0.717) is 25.5 Å². The molecule has 2 rings (SSSR count). The Morgan fingerprint density at radius 2 is 2.53 bits per heavy atom. The average Bonchev–Trinajstić information content (AvgIpc) is 2.83. The van der Waals surface area contributed by atoms with Gasteiger partial charge in [-0.1, -0.05) is 6.08 Å². The molecule has 0 spiro atoms. The van der Waals surface area contributed by atoms with Crippen LogP contribution in [0.4, 0.5) is 0 Å². The second-order valence-electron chi connectivity index (χ2n) is 3.77. The smallest absolute Gasteiger partial charge is 0.320 e. The van der Waals surface area contributed by atoms with Crippen molar-refractivity contribution >= 4 is 11.5 Å². The van der Waals surface area contributed by atoms with E-state index >= 15 is 0 Å². The Morgan fingerprint density at radius 1 is 1.65 bits per heavy atom. The number of carbonyl (C=O) groups is 1. The Kier molecular flexibility index (Phi) is 3.81. The van der Waals surface area contributed by atoms with Crippen molar-refractivity contribution in [1.82, 2.24) is 25.5 Å². The molecule has 1 aromatic rings. The van der Waals surface area contributed by atoms with Gasteiger partial charge in [0.05, 0.1) is 13.2 Å². The third-order valence-electron chi connectivity index (χ3n) is 2.52. The van der Waals surface area contributed by atoms with Crippen LogP contribution in [0.1, 0.15) is 19.2 Å². The van der Waals surface area contributed by atoms with E-state index < -0.39 is 0 Å². The van der Waals surface area contributed by atoms with Gasteiger partial charge in [0.15, 0.2) is 0 Å².